The van der Waals surface area contributed by atoms with Gasteiger partial charge in [-0.3, -0.25) is 8.98 Å². The summed E-state index contributed by atoms with van der Waals surface area (Å²) in [5, 5.41) is 11.8. The molecule has 1 saturated carbocycles. The Morgan fingerprint density at radius 3 is 2.68 bits per heavy atom. The summed E-state index contributed by atoms with van der Waals surface area (Å²) in [6.45, 7) is 4.32. The number of amides is 1. The number of aryl methyl sites for hydroxylation is 1. The molecule has 2 bridgehead atoms. The molecule has 2 aliphatic heterocycles. The summed E-state index contributed by atoms with van der Waals surface area (Å²) < 4.78 is 64.7. The van der Waals surface area contributed by atoms with Gasteiger partial charge in [-0.1, -0.05) is 36.7 Å². The van der Waals surface area contributed by atoms with Gasteiger partial charge in [0.15, 0.2) is 0 Å². The van der Waals surface area contributed by atoms with Crippen molar-refractivity contribution >= 4 is 43.3 Å². The highest BCUT2D eigenvalue weighted by atomic mass is 35.5. The van der Waals surface area contributed by atoms with E-state index in [-0.39, 0.29) is 29.2 Å². The first-order valence-electron chi connectivity index (χ1n) is 16.2. The van der Waals surface area contributed by atoms with E-state index in [1.165, 1.54) is 11.1 Å². The number of nitrogens with one attached hydrogen (secondary N) is 1. The zero-order valence-corrected chi connectivity index (χ0v) is 29.3. The third kappa shape index (κ3) is 6.94. The fourth-order valence-corrected chi connectivity index (χ4v) is 9.61. The van der Waals surface area contributed by atoms with Gasteiger partial charge < -0.3 is 14.7 Å². The van der Waals surface area contributed by atoms with E-state index in [2.05, 4.69) is 15.7 Å². The standard InChI is InChI=1S/C34H43ClN2O8S2/c1-22-6-4-15-34(39,21-45-46(3,40)41)29-11-8-26(29)18-37-19-33(14-5-7-24-16-27(35)10-12-28(24)33)20-44-31-13-9-25(17-30(31)37)32(38)36-47(42,43)23(22)2/h4,9-10,12-13,15-17,22-23,26,29,39H,5-8,11,14,18-21H2,1-3H3,(H,36,38)/b15-4-/t22-,23+,26-,29+,33-,34+/m0/s1. The number of allylic oxidation sites excluding steroid dienone is 1. The van der Waals surface area contributed by atoms with Gasteiger partial charge in [0.25, 0.3) is 16.0 Å². The lowest BCUT2D eigenvalue weighted by Crippen LogP contribution is -2.54. The fraction of sp³-hybridized carbons (Fsp3) is 0.559. The normalized spacial score (nSPS) is 33.0. The van der Waals surface area contributed by atoms with Gasteiger partial charge >= 0.3 is 0 Å². The molecular weight excluding hydrogens is 664 g/mol. The number of carbonyl (C=O) groups excluding carboxylic acids is 1. The van der Waals surface area contributed by atoms with Crippen molar-refractivity contribution in [1.29, 1.82) is 0 Å². The van der Waals surface area contributed by atoms with Crippen molar-refractivity contribution in [3.63, 3.8) is 0 Å². The Morgan fingerprint density at radius 1 is 1.17 bits per heavy atom. The molecule has 1 fully saturated rings. The van der Waals surface area contributed by atoms with E-state index in [1.807, 2.05) is 12.1 Å². The van der Waals surface area contributed by atoms with E-state index in [0.717, 1.165) is 31.9 Å². The van der Waals surface area contributed by atoms with Gasteiger partial charge in [-0.05, 0) is 105 Å². The summed E-state index contributed by atoms with van der Waals surface area (Å²) in [7, 11) is -7.90. The molecule has 47 heavy (non-hydrogen) atoms. The number of sulfonamides is 1. The Labute approximate surface area is 282 Å². The van der Waals surface area contributed by atoms with Crippen molar-refractivity contribution < 1.29 is 35.7 Å². The number of rotatable bonds is 3. The first-order chi connectivity index (χ1) is 22.1. The quantitative estimate of drug-likeness (QED) is 0.347. The first-order valence-corrected chi connectivity index (χ1v) is 19.9. The lowest BCUT2D eigenvalue weighted by Gasteiger charge is -2.49. The highest BCUT2D eigenvalue weighted by Crippen LogP contribution is 2.48. The van der Waals surface area contributed by atoms with Gasteiger partial charge in [0.05, 0.1) is 30.4 Å². The number of hydrogen-bond acceptors (Lipinski definition) is 9. The van der Waals surface area contributed by atoms with Crippen LogP contribution in [0.1, 0.15) is 67.4 Å². The predicted molar refractivity (Wildman–Crippen MR) is 181 cm³/mol. The van der Waals surface area contributed by atoms with Crippen LogP contribution in [0.15, 0.2) is 48.6 Å². The lowest BCUT2D eigenvalue weighted by molar-refractivity contribution is -0.0697. The van der Waals surface area contributed by atoms with Crippen molar-refractivity contribution in [2.24, 2.45) is 17.8 Å². The van der Waals surface area contributed by atoms with Crippen molar-refractivity contribution in [1.82, 2.24) is 4.72 Å². The van der Waals surface area contributed by atoms with E-state index in [1.54, 1.807) is 44.2 Å². The Balaban J connectivity index is 1.45. The highest BCUT2D eigenvalue weighted by molar-refractivity contribution is 7.90. The molecule has 2 aliphatic carbocycles. The van der Waals surface area contributed by atoms with Crippen LogP contribution in [0.4, 0.5) is 5.69 Å². The second-order valence-corrected chi connectivity index (χ2v) is 18.1. The number of benzene rings is 2. The van der Waals surface area contributed by atoms with Crippen LogP contribution in [0.25, 0.3) is 0 Å². The molecule has 13 heteroatoms. The lowest BCUT2D eigenvalue weighted by atomic mass is 9.64. The summed E-state index contributed by atoms with van der Waals surface area (Å²) in [6, 6.07) is 11.0. The number of nitrogens with zero attached hydrogens (tertiary/aromatic N) is 1. The van der Waals surface area contributed by atoms with Crippen molar-refractivity contribution in [2.75, 3.05) is 37.5 Å². The highest BCUT2D eigenvalue weighted by Gasteiger charge is 2.48. The molecule has 1 spiro atoms. The second-order valence-electron chi connectivity index (χ2n) is 14.0. The molecule has 6 atom stereocenters. The number of fused-ring (bicyclic) bond motifs is 4. The fourth-order valence-electron chi connectivity index (χ4n) is 7.73. The first kappa shape index (κ1) is 34.2. The van der Waals surface area contributed by atoms with E-state index >= 15 is 0 Å². The van der Waals surface area contributed by atoms with Gasteiger partial charge in [-0.2, -0.15) is 8.42 Å². The molecule has 0 radical (unpaired) electrons. The molecule has 2 N–H and O–H groups in total. The topological polar surface area (TPSA) is 139 Å². The minimum absolute atomic E-state index is 0.0359. The van der Waals surface area contributed by atoms with Gasteiger partial charge in [0.2, 0.25) is 10.0 Å². The number of hydrogen-bond donors (Lipinski definition) is 2. The number of aliphatic hydroxyl groups is 1. The molecule has 2 aromatic rings. The molecule has 1 amide bonds. The van der Waals surface area contributed by atoms with Crippen LogP contribution in [0.3, 0.4) is 0 Å². The van der Waals surface area contributed by atoms with Crippen molar-refractivity contribution in [3.05, 3.63) is 70.3 Å². The zero-order valence-electron chi connectivity index (χ0n) is 26.9. The average Bonchev–Trinajstić information content (AvgIpc) is 3.13. The second kappa shape index (κ2) is 12.7. The summed E-state index contributed by atoms with van der Waals surface area (Å²) >= 11 is 6.40. The summed E-state index contributed by atoms with van der Waals surface area (Å²) in [5.41, 5.74) is 1.23. The minimum atomic E-state index is -4.06. The van der Waals surface area contributed by atoms with Gasteiger partial charge in [-0.25, -0.2) is 13.1 Å². The Morgan fingerprint density at radius 2 is 1.96 bits per heavy atom. The Hall–Kier alpha value is -2.64. The van der Waals surface area contributed by atoms with Crippen LogP contribution < -0.4 is 14.4 Å². The molecular formula is C34H43ClN2O8S2. The summed E-state index contributed by atoms with van der Waals surface area (Å²) in [5.74, 6) is -0.901. The molecule has 0 unspecified atom stereocenters. The van der Waals surface area contributed by atoms with Crippen molar-refractivity contribution in [2.45, 2.75) is 68.6 Å². The van der Waals surface area contributed by atoms with E-state index in [0.29, 0.717) is 42.6 Å². The number of carbonyl (C=O) groups is 1. The van der Waals surface area contributed by atoms with E-state index in [4.69, 9.17) is 20.5 Å². The monoisotopic (exact) mass is 706 g/mol. The maximum absolute atomic E-state index is 13.4. The van der Waals surface area contributed by atoms with Gasteiger partial charge in [0.1, 0.15) is 11.4 Å². The minimum Gasteiger partial charge on any atom is -0.490 e. The van der Waals surface area contributed by atoms with Crippen LogP contribution in [0.5, 0.6) is 5.75 Å². The molecule has 6 rings (SSSR count). The number of ether oxygens (including phenoxy) is 1. The third-order valence-electron chi connectivity index (χ3n) is 10.8. The van der Waals surface area contributed by atoms with Gasteiger partial charge in [-0.15, -0.1) is 0 Å². The van der Waals surface area contributed by atoms with Crippen LogP contribution in [0.2, 0.25) is 5.02 Å². The molecule has 4 aliphatic rings. The van der Waals surface area contributed by atoms with Gasteiger partial charge in [0, 0.05) is 29.1 Å². The summed E-state index contributed by atoms with van der Waals surface area (Å²) in [6.07, 6.45) is 8.70. The van der Waals surface area contributed by atoms with E-state index < -0.39 is 49.4 Å². The van der Waals surface area contributed by atoms with Crippen LogP contribution in [0, 0.1) is 17.8 Å². The molecule has 0 saturated heterocycles. The molecule has 2 aromatic carbocycles. The smallest absolute Gasteiger partial charge is 0.264 e. The largest absolute Gasteiger partial charge is 0.490 e. The molecule has 0 aromatic heterocycles. The number of halogens is 1. The Bertz CT molecular complexity index is 1800. The molecule has 10 nitrogen and oxygen atoms in total. The molecule has 256 valence electrons. The Kier molecular flexibility index (Phi) is 9.23. The maximum Gasteiger partial charge on any atom is 0.264 e. The van der Waals surface area contributed by atoms with E-state index in [9.17, 15) is 26.7 Å². The maximum atomic E-state index is 13.4. The van der Waals surface area contributed by atoms with Crippen LogP contribution >= 0.6 is 11.6 Å². The predicted octanol–water partition coefficient (Wildman–Crippen LogP) is 4.59. The van der Waals surface area contributed by atoms with Crippen LogP contribution in [-0.4, -0.2) is 71.3 Å². The molecule has 2 heterocycles. The average molecular weight is 707 g/mol. The zero-order chi connectivity index (χ0) is 33.8. The third-order valence-corrected chi connectivity index (χ3v) is 13.5. The summed E-state index contributed by atoms with van der Waals surface area (Å²) in [4.78, 5) is 15.6. The van der Waals surface area contributed by atoms with Crippen LogP contribution in [-0.2, 0) is 36.2 Å². The van der Waals surface area contributed by atoms with Crippen molar-refractivity contribution in [3.8, 4) is 5.75 Å². The SMILES string of the molecule is C[C@@H]1[C@@H](C)C/C=C\[C@@](O)(COS(C)(=O)=O)[C@@H]2CC[C@H]2CN2C[C@@]3(CCCc4cc(Cl)ccc43)COc3ccc(cc32)C(=O)NS1(=O)=O. The number of anilines is 1.